The predicted octanol–water partition coefficient (Wildman–Crippen LogP) is 1.08. The lowest BCUT2D eigenvalue weighted by molar-refractivity contribution is 0.0949. The SMILES string of the molecule is Nc1cc(C(=O)NCc2ccn[nH]2)c(Br)cn1. The number of hydrogen-bond acceptors (Lipinski definition) is 4. The lowest BCUT2D eigenvalue weighted by atomic mass is 10.2. The van der Waals surface area contributed by atoms with E-state index in [4.69, 9.17) is 5.73 Å². The van der Waals surface area contributed by atoms with Crippen molar-refractivity contribution < 1.29 is 4.79 Å². The molecule has 0 saturated heterocycles. The zero-order valence-electron chi connectivity index (χ0n) is 8.77. The molecular formula is C10H10BrN5O. The van der Waals surface area contributed by atoms with Crippen LogP contribution in [0.4, 0.5) is 5.82 Å². The van der Waals surface area contributed by atoms with Crippen LogP contribution in [0.3, 0.4) is 0 Å². The van der Waals surface area contributed by atoms with E-state index in [1.807, 2.05) is 0 Å². The highest BCUT2D eigenvalue weighted by molar-refractivity contribution is 9.10. The van der Waals surface area contributed by atoms with E-state index < -0.39 is 0 Å². The number of nitrogen functional groups attached to an aromatic ring is 1. The number of nitrogens with two attached hydrogens (primary N) is 1. The lowest BCUT2D eigenvalue weighted by Gasteiger charge is -2.06. The molecule has 2 heterocycles. The second kappa shape index (κ2) is 4.96. The molecule has 0 aliphatic rings. The van der Waals surface area contributed by atoms with Gasteiger partial charge >= 0.3 is 0 Å². The minimum absolute atomic E-state index is 0.222. The molecule has 0 bridgehead atoms. The topological polar surface area (TPSA) is 96.7 Å². The normalized spacial score (nSPS) is 10.2. The molecule has 2 aromatic rings. The van der Waals surface area contributed by atoms with Crippen molar-refractivity contribution in [3.05, 3.63) is 40.3 Å². The first-order valence-corrected chi connectivity index (χ1v) is 5.63. The van der Waals surface area contributed by atoms with Gasteiger partial charge in [0.1, 0.15) is 5.82 Å². The Hall–Kier alpha value is -1.89. The fourth-order valence-electron chi connectivity index (χ4n) is 1.28. The van der Waals surface area contributed by atoms with Crippen molar-refractivity contribution in [3.8, 4) is 0 Å². The quantitative estimate of drug-likeness (QED) is 0.789. The average molecular weight is 296 g/mol. The predicted molar refractivity (Wildman–Crippen MR) is 66.1 cm³/mol. The largest absolute Gasteiger partial charge is 0.384 e. The Labute approximate surface area is 106 Å². The Morgan fingerprint density at radius 1 is 1.59 bits per heavy atom. The first-order valence-electron chi connectivity index (χ1n) is 4.84. The van der Waals surface area contributed by atoms with Crippen molar-refractivity contribution >= 4 is 27.7 Å². The number of nitrogens with zero attached hydrogens (tertiary/aromatic N) is 2. The van der Waals surface area contributed by atoms with Gasteiger partial charge in [0.25, 0.3) is 5.91 Å². The number of aromatic nitrogens is 3. The summed E-state index contributed by atoms with van der Waals surface area (Å²) < 4.78 is 0.605. The molecule has 0 spiro atoms. The Kier molecular flexibility index (Phi) is 3.38. The highest BCUT2D eigenvalue weighted by atomic mass is 79.9. The first-order chi connectivity index (χ1) is 8.16. The van der Waals surface area contributed by atoms with Gasteiger partial charge in [-0.25, -0.2) is 4.98 Å². The van der Waals surface area contributed by atoms with Crippen LogP contribution in [0.5, 0.6) is 0 Å². The smallest absolute Gasteiger partial charge is 0.252 e. The number of halogens is 1. The van der Waals surface area contributed by atoms with Crippen LogP contribution in [0.15, 0.2) is 29.0 Å². The molecule has 17 heavy (non-hydrogen) atoms. The summed E-state index contributed by atoms with van der Waals surface area (Å²) in [5.74, 6) is 0.0838. The number of carbonyl (C=O) groups is 1. The molecule has 6 nitrogen and oxygen atoms in total. The van der Waals surface area contributed by atoms with E-state index in [1.165, 1.54) is 12.3 Å². The third-order valence-electron chi connectivity index (χ3n) is 2.12. The fraction of sp³-hybridized carbons (Fsp3) is 0.100. The molecule has 0 radical (unpaired) electrons. The summed E-state index contributed by atoms with van der Waals surface area (Å²) in [6, 6.07) is 3.31. The van der Waals surface area contributed by atoms with Gasteiger partial charge in [-0.1, -0.05) is 0 Å². The summed E-state index contributed by atoms with van der Waals surface area (Å²) in [4.78, 5) is 15.7. The maximum atomic E-state index is 11.9. The highest BCUT2D eigenvalue weighted by Gasteiger charge is 2.10. The molecule has 4 N–H and O–H groups in total. The van der Waals surface area contributed by atoms with Gasteiger partial charge in [-0.05, 0) is 28.1 Å². The van der Waals surface area contributed by atoms with E-state index in [0.717, 1.165) is 5.69 Å². The maximum absolute atomic E-state index is 11.9. The number of pyridine rings is 1. The number of H-pyrrole nitrogens is 1. The van der Waals surface area contributed by atoms with Crippen LogP contribution >= 0.6 is 15.9 Å². The van der Waals surface area contributed by atoms with E-state index in [-0.39, 0.29) is 5.91 Å². The number of rotatable bonds is 3. The Morgan fingerprint density at radius 3 is 3.12 bits per heavy atom. The van der Waals surface area contributed by atoms with Crippen molar-refractivity contribution in [3.63, 3.8) is 0 Å². The van der Waals surface area contributed by atoms with Crippen molar-refractivity contribution in [1.29, 1.82) is 0 Å². The van der Waals surface area contributed by atoms with Crippen molar-refractivity contribution in [2.45, 2.75) is 6.54 Å². The summed E-state index contributed by atoms with van der Waals surface area (Å²) in [5, 5.41) is 9.29. The molecule has 7 heteroatoms. The molecular weight excluding hydrogens is 286 g/mol. The van der Waals surface area contributed by atoms with Gasteiger partial charge in [0.15, 0.2) is 0 Å². The number of nitrogens with one attached hydrogen (secondary N) is 2. The monoisotopic (exact) mass is 295 g/mol. The third-order valence-corrected chi connectivity index (χ3v) is 2.75. The van der Waals surface area contributed by atoms with E-state index in [9.17, 15) is 4.79 Å². The molecule has 1 amide bonds. The van der Waals surface area contributed by atoms with Crippen LogP contribution < -0.4 is 11.1 Å². The molecule has 0 saturated carbocycles. The van der Waals surface area contributed by atoms with Crippen molar-refractivity contribution in [2.24, 2.45) is 0 Å². The van der Waals surface area contributed by atoms with Crippen LogP contribution in [0, 0.1) is 0 Å². The Morgan fingerprint density at radius 2 is 2.41 bits per heavy atom. The van der Waals surface area contributed by atoms with Gasteiger partial charge < -0.3 is 11.1 Å². The summed E-state index contributed by atoms with van der Waals surface area (Å²) >= 11 is 3.25. The van der Waals surface area contributed by atoms with Crippen LogP contribution in [-0.4, -0.2) is 21.1 Å². The molecule has 0 aromatic carbocycles. The molecule has 88 valence electrons. The number of amides is 1. The van der Waals surface area contributed by atoms with Gasteiger partial charge in [-0.3, -0.25) is 9.89 Å². The number of hydrogen-bond donors (Lipinski definition) is 3. The molecule has 0 atom stereocenters. The van der Waals surface area contributed by atoms with Crippen LogP contribution in [0.25, 0.3) is 0 Å². The van der Waals surface area contributed by atoms with Crippen molar-refractivity contribution in [1.82, 2.24) is 20.5 Å². The molecule has 0 fully saturated rings. The van der Waals surface area contributed by atoms with E-state index in [0.29, 0.717) is 22.4 Å². The third kappa shape index (κ3) is 2.82. The lowest BCUT2D eigenvalue weighted by Crippen LogP contribution is -2.23. The second-order valence-electron chi connectivity index (χ2n) is 3.35. The summed E-state index contributed by atoms with van der Waals surface area (Å²) in [5.41, 5.74) is 6.81. The molecule has 0 aliphatic heterocycles. The second-order valence-corrected chi connectivity index (χ2v) is 4.21. The van der Waals surface area contributed by atoms with Gasteiger partial charge in [0.05, 0.1) is 17.8 Å². The van der Waals surface area contributed by atoms with E-state index in [1.54, 1.807) is 12.3 Å². The van der Waals surface area contributed by atoms with Gasteiger partial charge in [-0.2, -0.15) is 5.10 Å². The minimum atomic E-state index is -0.222. The zero-order valence-corrected chi connectivity index (χ0v) is 10.4. The molecule has 0 unspecified atom stereocenters. The average Bonchev–Trinajstić information content (AvgIpc) is 2.82. The fourth-order valence-corrected chi connectivity index (χ4v) is 1.68. The summed E-state index contributed by atoms with van der Waals surface area (Å²) in [7, 11) is 0. The summed E-state index contributed by atoms with van der Waals surface area (Å²) in [6.07, 6.45) is 3.13. The van der Waals surface area contributed by atoms with Gasteiger partial charge in [-0.15, -0.1) is 0 Å². The molecule has 0 aliphatic carbocycles. The Balaban J connectivity index is 2.07. The van der Waals surface area contributed by atoms with Gasteiger partial charge in [0, 0.05) is 16.9 Å². The minimum Gasteiger partial charge on any atom is -0.384 e. The molecule has 2 rings (SSSR count). The maximum Gasteiger partial charge on any atom is 0.252 e. The zero-order chi connectivity index (χ0) is 12.3. The number of carbonyl (C=O) groups excluding carboxylic acids is 1. The highest BCUT2D eigenvalue weighted by Crippen LogP contribution is 2.17. The van der Waals surface area contributed by atoms with E-state index in [2.05, 4.69) is 36.4 Å². The van der Waals surface area contributed by atoms with Gasteiger partial charge in [0.2, 0.25) is 0 Å². The van der Waals surface area contributed by atoms with E-state index >= 15 is 0 Å². The van der Waals surface area contributed by atoms with Crippen LogP contribution in [0.1, 0.15) is 16.1 Å². The summed E-state index contributed by atoms with van der Waals surface area (Å²) in [6.45, 7) is 0.382. The van der Waals surface area contributed by atoms with Crippen molar-refractivity contribution in [2.75, 3.05) is 5.73 Å². The number of anilines is 1. The standard InChI is InChI=1S/C10H10BrN5O/c11-8-5-13-9(12)3-7(8)10(17)14-4-6-1-2-15-16-6/h1-3,5H,4H2,(H2,12,13)(H,14,17)(H,15,16). The first kappa shape index (κ1) is 11.6. The Bertz CT molecular complexity index is 525. The number of aromatic amines is 1. The molecule has 2 aromatic heterocycles. The van der Waals surface area contributed by atoms with Crippen LogP contribution in [0.2, 0.25) is 0 Å². The van der Waals surface area contributed by atoms with Crippen LogP contribution in [-0.2, 0) is 6.54 Å².